The molecule has 0 radical (unpaired) electrons. The van der Waals surface area contributed by atoms with Gasteiger partial charge in [0, 0.05) is 19.2 Å². The lowest BCUT2D eigenvalue weighted by Gasteiger charge is -2.16. The molecule has 1 aromatic heterocycles. The van der Waals surface area contributed by atoms with Crippen molar-refractivity contribution < 1.29 is 18.3 Å². The van der Waals surface area contributed by atoms with Crippen LogP contribution in [0.1, 0.15) is 39.4 Å². The second-order valence-electron chi connectivity index (χ2n) is 5.38. The van der Waals surface area contributed by atoms with Gasteiger partial charge in [-0.2, -0.15) is 4.72 Å². The van der Waals surface area contributed by atoms with Crippen LogP contribution in [-0.4, -0.2) is 35.1 Å². The first kappa shape index (κ1) is 16.6. The van der Waals surface area contributed by atoms with Crippen LogP contribution in [0, 0.1) is 5.92 Å². The summed E-state index contributed by atoms with van der Waals surface area (Å²) in [6.45, 7) is 7.08. The molecule has 0 saturated carbocycles. The summed E-state index contributed by atoms with van der Waals surface area (Å²) in [5.74, 6) is -0.870. The van der Waals surface area contributed by atoms with E-state index in [0.717, 1.165) is 0 Å². The minimum atomic E-state index is -3.95. The largest absolute Gasteiger partial charge is 0.480 e. The number of carboxylic acids is 1. The van der Waals surface area contributed by atoms with Gasteiger partial charge in [-0.25, -0.2) is 13.4 Å². The molecular formula is C12H21N3O4S. The fraction of sp³-hybridized carbons (Fsp3) is 0.667. The van der Waals surface area contributed by atoms with Crippen LogP contribution in [0.4, 0.5) is 0 Å². The maximum atomic E-state index is 12.2. The summed E-state index contributed by atoms with van der Waals surface area (Å²) in [5.41, 5.74) is 0. The average Bonchev–Trinajstić information content (AvgIpc) is 2.68. The van der Waals surface area contributed by atoms with Crippen molar-refractivity contribution in [1.29, 1.82) is 0 Å². The van der Waals surface area contributed by atoms with E-state index in [1.807, 2.05) is 13.8 Å². The summed E-state index contributed by atoms with van der Waals surface area (Å²) in [6.07, 6.45) is 1.39. The maximum absolute atomic E-state index is 12.2. The number of carbonyl (C=O) groups is 1. The third kappa shape index (κ3) is 3.57. The Bertz CT molecular complexity index is 590. The summed E-state index contributed by atoms with van der Waals surface area (Å²) < 4.78 is 28.2. The molecule has 0 aliphatic carbocycles. The van der Waals surface area contributed by atoms with E-state index in [1.165, 1.54) is 6.20 Å². The first-order chi connectivity index (χ1) is 9.06. The van der Waals surface area contributed by atoms with E-state index >= 15 is 0 Å². The lowest BCUT2D eigenvalue weighted by atomic mass is 10.1. The quantitative estimate of drug-likeness (QED) is 0.814. The Hall–Kier alpha value is -1.41. The van der Waals surface area contributed by atoms with Crippen molar-refractivity contribution in [3.63, 3.8) is 0 Å². The first-order valence-corrected chi connectivity index (χ1v) is 7.83. The van der Waals surface area contributed by atoms with Crippen LogP contribution < -0.4 is 4.72 Å². The lowest BCUT2D eigenvalue weighted by molar-refractivity contribution is -0.140. The number of nitrogens with zero attached hydrogens (tertiary/aromatic N) is 2. The summed E-state index contributed by atoms with van der Waals surface area (Å²) in [5, 5.41) is 8.89. The molecule has 0 bridgehead atoms. The SMILES string of the molecule is CC(C)c1nc(S(=O)(=O)N[C@H](C(=O)O)C(C)C)cn1C. The van der Waals surface area contributed by atoms with Crippen LogP contribution in [0.5, 0.6) is 0 Å². The summed E-state index contributed by atoms with van der Waals surface area (Å²) in [7, 11) is -2.24. The monoisotopic (exact) mass is 303 g/mol. The summed E-state index contributed by atoms with van der Waals surface area (Å²) >= 11 is 0. The van der Waals surface area contributed by atoms with Crippen molar-refractivity contribution in [3.8, 4) is 0 Å². The van der Waals surface area contributed by atoms with Gasteiger partial charge in [0.2, 0.25) is 0 Å². The standard InChI is InChI=1S/C12H21N3O4S/c1-7(2)10(12(16)17)14-20(18,19)9-6-15(5)11(13-9)8(3)4/h6-8,10,14H,1-5H3,(H,16,17)/t10-/m0/s1. The Labute approximate surface area is 119 Å². The van der Waals surface area contributed by atoms with Gasteiger partial charge in [0.05, 0.1) is 0 Å². The van der Waals surface area contributed by atoms with Crippen molar-refractivity contribution >= 4 is 16.0 Å². The highest BCUT2D eigenvalue weighted by molar-refractivity contribution is 7.89. The Kier molecular flexibility index (Phi) is 4.93. The van der Waals surface area contributed by atoms with Gasteiger partial charge in [-0.1, -0.05) is 27.7 Å². The first-order valence-electron chi connectivity index (χ1n) is 6.34. The summed E-state index contributed by atoms with van der Waals surface area (Å²) in [6, 6.07) is -1.18. The minimum absolute atomic E-state index is 0.0734. The van der Waals surface area contributed by atoms with Gasteiger partial charge >= 0.3 is 5.97 Å². The smallest absolute Gasteiger partial charge is 0.322 e. The van der Waals surface area contributed by atoms with Gasteiger partial charge in [0.1, 0.15) is 11.9 Å². The molecule has 0 fully saturated rings. The molecule has 0 unspecified atom stereocenters. The normalized spacial score (nSPS) is 13.9. The number of carboxylic acid groups (broad SMARTS) is 1. The van der Waals surface area contributed by atoms with Crippen molar-refractivity contribution in [3.05, 3.63) is 12.0 Å². The number of nitrogens with one attached hydrogen (secondary N) is 1. The number of imidazole rings is 1. The van der Waals surface area contributed by atoms with E-state index in [-0.39, 0.29) is 16.9 Å². The number of rotatable bonds is 6. The molecule has 114 valence electrons. The average molecular weight is 303 g/mol. The fourth-order valence-electron chi connectivity index (χ4n) is 1.82. The Balaban J connectivity index is 3.11. The zero-order valence-corrected chi connectivity index (χ0v) is 13.1. The van der Waals surface area contributed by atoms with Gasteiger partial charge < -0.3 is 9.67 Å². The lowest BCUT2D eigenvalue weighted by Crippen LogP contribution is -2.44. The van der Waals surface area contributed by atoms with Crippen molar-refractivity contribution in [1.82, 2.24) is 14.3 Å². The summed E-state index contributed by atoms with van der Waals surface area (Å²) in [4.78, 5) is 15.2. The number of hydrogen-bond acceptors (Lipinski definition) is 4. The molecule has 0 aliphatic rings. The highest BCUT2D eigenvalue weighted by Crippen LogP contribution is 2.17. The molecule has 20 heavy (non-hydrogen) atoms. The van der Waals surface area contributed by atoms with Gasteiger partial charge in [-0.15, -0.1) is 0 Å². The van der Waals surface area contributed by atoms with E-state index in [2.05, 4.69) is 9.71 Å². The number of aliphatic carboxylic acids is 1. The van der Waals surface area contributed by atoms with Crippen molar-refractivity contribution in [2.75, 3.05) is 0 Å². The highest BCUT2D eigenvalue weighted by atomic mass is 32.2. The Morgan fingerprint density at radius 1 is 1.35 bits per heavy atom. The molecule has 0 aliphatic heterocycles. The topological polar surface area (TPSA) is 101 Å². The number of sulfonamides is 1. The van der Waals surface area contributed by atoms with E-state index in [0.29, 0.717) is 5.82 Å². The number of aromatic nitrogens is 2. The predicted octanol–water partition coefficient (Wildman–Crippen LogP) is 0.931. The third-order valence-electron chi connectivity index (χ3n) is 2.90. The second-order valence-corrected chi connectivity index (χ2v) is 7.05. The number of aryl methyl sites for hydroxylation is 1. The van der Waals surface area contributed by atoms with E-state index < -0.39 is 22.0 Å². The predicted molar refractivity (Wildman–Crippen MR) is 73.9 cm³/mol. The molecular weight excluding hydrogens is 282 g/mol. The van der Waals surface area contributed by atoms with Crippen LogP contribution in [0.15, 0.2) is 11.2 Å². The molecule has 1 heterocycles. The molecule has 1 atom stereocenters. The molecule has 7 nitrogen and oxygen atoms in total. The maximum Gasteiger partial charge on any atom is 0.322 e. The minimum Gasteiger partial charge on any atom is -0.480 e. The molecule has 8 heteroatoms. The zero-order chi connectivity index (χ0) is 15.7. The second kappa shape index (κ2) is 5.92. The van der Waals surface area contributed by atoms with Gasteiger partial charge in [-0.05, 0) is 5.92 Å². The van der Waals surface area contributed by atoms with Crippen LogP contribution in [0.3, 0.4) is 0 Å². The molecule has 0 aromatic carbocycles. The van der Waals surface area contributed by atoms with Gasteiger partial charge in [0.15, 0.2) is 5.03 Å². The number of hydrogen-bond donors (Lipinski definition) is 2. The molecule has 1 rings (SSSR count). The highest BCUT2D eigenvalue weighted by Gasteiger charge is 2.30. The molecule has 2 N–H and O–H groups in total. The zero-order valence-electron chi connectivity index (χ0n) is 12.3. The van der Waals surface area contributed by atoms with Crippen molar-refractivity contribution in [2.45, 2.75) is 44.7 Å². The van der Waals surface area contributed by atoms with E-state index in [4.69, 9.17) is 5.11 Å². The van der Waals surface area contributed by atoms with Crippen LogP contribution in [-0.2, 0) is 21.9 Å². The molecule has 0 spiro atoms. The Morgan fingerprint density at radius 3 is 2.25 bits per heavy atom. The van der Waals surface area contributed by atoms with Gasteiger partial charge in [0.25, 0.3) is 10.0 Å². The van der Waals surface area contributed by atoms with Crippen LogP contribution in [0.25, 0.3) is 0 Å². The third-order valence-corrected chi connectivity index (χ3v) is 4.21. The van der Waals surface area contributed by atoms with Crippen molar-refractivity contribution in [2.24, 2.45) is 13.0 Å². The molecule has 1 aromatic rings. The van der Waals surface area contributed by atoms with E-state index in [1.54, 1.807) is 25.5 Å². The van der Waals surface area contributed by atoms with Crippen LogP contribution in [0.2, 0.25) is 0 Å². The van der Waals surface area contributed by atoms with Crippen LogP contribution >= 0.6 is 0 Å². The molecule has 0 amide bonds. The van der Waals surface area contributed by atoms with Gasteiger partial charge in [-0.3, -0.25) is 4.79 Å². The Morgan fingerprint density at radius 2 is 1.90 bits per heavy atom. The molecule has 0 saturated heterocycles. The van der Waals surface area contributed by atoms with E-state index in [9.17, 15) is 13.2 Å². The fourth-order valence-corrected chi connectivity index (χ4v) is 3.16.